The van der Waals surface area contributed by atoms with Crippen LogP contribution in [0, 0.1) is 0 Å². The van der Waals surface area contributed by atoms with Gasteiger partial charge in [0.15, 0.2) is 0 Å². The molecule has 24 heavy (non-hydrogen) atoms. The third-order valence-corrected chi connectivity index (χ3v) is 5.08. The van der Waals surface area contributed by atoms with E-state index in [1.807, 2.05) is 27.7 Å². The lowest BCUT2D eigenvalue weighted by Gasteiger charge is -2.32. The number of pyridine rings is 1. The molecule has 0 amide bonds. The van der Waals surface area contributed by atoms with Crippen molar-refractivity contribution in [2.75, 3.05) is 11.0 Å². The van der Waals surface area contributed by atoms with Crippen molar-refractivity contribution >= 4 is 28.4 Å². The maximum atomic E-state index is 11.7. The lowest BCUT2D eigenvalue weighted by Crippen LogP contribution is -2.41. The predicted octanol–water partition coefficient (Wildman–Crippen LogP) is 1.29. The molecular formula is C15H23BN2O5S. The van der Waals surface area contributed by atoms with Gasteiger partial charge in [-0.25, -0.2) is 8.42 Å². The van der Waals surface area contributed by atoms with Gasteiger partial charge < -0.3 is 14.0 Å². The molecule has 1 aromatic rings. The van der Waals surface area contributed by atoms with Gasteiger partial charge in [-0.3, -0.25) is 9.71 Å². The van der Waals surface area contributed by atoms with Crippen LogP contribution in [-0.2, 0) is 19.3 Å². The lowest BCUT2D eigenvalue weighted by molar-refractivity contribution is 0.00578. The number of sulfonamides is 1. The Kier molecular flexibility index (Phi) is 4.09. The van der Waals surface area contributed by atoms with Crippen molar-refractivity contribution < 1.29 is 22.5 Å². The maximum absolute atomic E-state index is 11.7. The van der Waals surface area contributed by atoms with E-state index in [9.17, 15) is 8.42 Å². The van der Waals surface area contributed by atoms with Crippen LogP contribution in [0.3, 0.4) is 0 Å². The number of hydrogen-bond donors (Lipinski definition) is 1. The molecule has 2 heterocycles. The molecule has 0 atom stereocenters. The fraction of sp³-hybridized carbons (Fsp3) is 0.667. The van der Waals surface area contributed by atoms with Crippen LogP contribution < -0.4 is 15.1 Å². The van der Waals surface area contributed by atoms with E-state index in [0.29, 0.717) is 17.0 Å². The molecule has 9 heteroatoms. The SMILES string of the molecule is CC1(C)OB(c2ncc(OC3CC3)cc2NS(C)(=O)=O)OC1(C)C. The first-order valence-electron chi connectivity index (χ1n) is 7.97. The average molecular weight is 354 g/mol. The van der Waals surface area contributed by atoms with E-state index in [-0.39, 0.29) is 6.10 Å². The van der Waals surface area contributed by atoms with Crippen molar-refractivity contribution in [1.82, 2.24) is 4.98 Å². The molecular weight excluding hydrogens is 331 g/mol. The van der Waals surface area contributed by atoms with Crippen molar-refractivity contribution in [2.45, 2.75) is 57.8 Å². The Balaban J connectivity index is 1.94. The van der Waals surface area contributed by atoms with Crippen LogP contribution in [0.25, 0.3) is 0 Å². The van der Waals surface area contributed by atoms with Crippen LogP contribution in [-0.4, -0.2) is 44.1 Å². The molecule has 2 aliphatic rings. The molecule has 3 rings (SSSR count). The number of nitrogens with zero attached hydrogens (tertiary/aromatic N) is 1. The average Bonchev–Trinajstić information content (AvgIpc) is 3.15. The minimum absolute atomic E-state index is 0.195. The van der Waals surface area contributed by atoms with E-state index in [1.54, 1.807) is 12.3 Å². The molecule has 1 saturated carbocycles. The summed E-state index contributed by atoms with van der Waals surface area (Å²) in [6.07, 6.45) is 4.88. The molecule has 0 unspecified atom stereocenters. The summed E-state index contributed by atoms with van der Waals surface area (Å²) in [5.74, 6) is 0.531. The number of ether oxygens (including phenoxy) is 1. The third kappa shape index (κ3) is 3.68. The Bertz CT molecular complexity index is 730. The largest absolute Gasteiger partial charge is 0.516 e. The van der Waals surface area contributed by atoms with Crippen LogP contribution in [0.5, 0.6) is 5.75 Å². The molecule has 1 N–H and O–H groups in total. The summed E-state index contributed by atoms with van der Waals surface area (Å²) in [5, 5.41) is 0. The Morgan fingerprint density at radius 3 is 2.33 bits per heavy atom. The zero-order chi connectivity index (χ0) is 17.8. The minimum atomic E-state index is -3.47. The summed E-state index contributed by atoms with van der Waals surface area (Å²) in [4.78, 5) is 4.35. The van der Waals surface area contributed by atoms with E-state index in [4.69, 9.17) is 14.0 Å². The zero-order valence-electron chi connectivity index (χ0n) is 14.6. The molecule has 7 nitrogen and oxygen atoms in total. The summed E-state index contributed by atoms with van der Waals surface area (Å²) in [6, 6.07) is 1.63. The van der Waals surface area contributed by atoms with E-state index in [0.717, 1.165) is 19.1 Å². The van der Waals surface area contributed by atoms with Crippen molar-refractivity contribution in [3.8, 4) is 5.75 Å². The van der Waals surface area contributed by atoms with Crippen molar-refractivity contribution in [3.05, 3.63) is 12.3 Å². The number of nitrogens with one attached hydrogen (secondary N) is 1. The third-order valence-electron chi connectivity index (χ3n) is 4.49. The predicted molar refractivity (Wildman–Crippen MR) is 92.1 cm³/mol. The second-order valence-electron chi connectivity index (χ2n) is 7.38. The monoisotopic (exact) mass is 354 g/mol. The first-order chi connectivity index (χ1) is 11.0. The van der Waals surface area contributed by atoms with E-state index in [1.165, 1.54) is 0 Å². The molecule has 0 aromatic carbocycles. The van der Waals surface area contributed by atoms with Gasteiger partial charge in [0.05, 0.1) is 41.0 Å². The Morgan fingerprint density at radius 2 is 1.83 bits per heavy atom. The molecule has 0 bridgehead atoms. The fourth-order valence-corrected chi connectivity index (χ4v) is 2.89. The normalized spacial score (nSPS) is 22.5. The second-order valence-corrected chi connectivity index (χ2v) is 9.13. The topological polar surface area (TPSA) is 86.8 Å². The van der Waals surface area contributed by atoms with Gasteiger partial charge in [-0.1, -0.05) is 0 Å². The minimum Gasteiger partial charge on any atom is -0.489 e. The molecule has 1 aromatic heterocycles. The van der Waals surface area contributed by atoms with E-state index < -0.39 is 28.3 Å². The Morgan fingerprint density at radius 1 is 1.25 bits per heavy atom. The first-order valence-corrected chi connectivity index (χ1v) is 9.86. The molecule has 1 aliphatic carbocycles. The highest BCUT2D eigenvalue weighted by atomic mass is 32.2. The summed E-state index contributed by atoms with van der Waals surface area (Å²) >= 11 is 0. The van der Waals surface area contributed by atoms with E-state index >= 15 is 0 Å². The smallest absolute Gasteiger partial charge is 0.489 e. The van der Waals surface area contributed by atoms with Gasteiger partial charge in [-0.2, -0.15) is 0 Å². The van der Waals surface area contributed by atoms with Gasteiger partial charge >= 0.3 is 7.12 Å². The molecule has 2 fully saturated rings. The lowest BCUT2D eigenvalue weighted by atomic mass is 9.83. The summed E-state index contributed by atoms with van der Waals surface area (Å²) in [7, 11) is -4.23. The zero-order valence-corrected chi connectivity index (χ0v) is 15.4. The molecule has 0 spiro atoms. The van der Waals surface area contributed by atoms with E-state index in [2.05, 4.69) is 9.71 Å². The van der Waals surface area contributed by atoms with Crippen LogP contribution >= 0.6 is 0 Å². The van der Waals surface area contributed by atoms with Crippen molar-refractivity contribution in [1.29, 1.82) is 0 Å². The summed E-state index contributed by atoms with van der Waals surface area (Å²) in [5.41, 5.74) is -0.369. The highest BCUT2D eigenvalue weighted by Crippen LogP contribution is 2.37. The Labute approximate surface area is 143 Å². The molecule has 1 aliphatic heterocycles. The number of rotatable bonds is 5. The number of aromatic nitrogens is 1. The van der Waals surface area contributed by atoms with Gasteiger partial charge in [0, 0.05) is 6.07 Å². The fourth-order valence-electron chi connectivity index (χ4n) is 2.32. The van der Waals surface area contributed by atoms with Crippen LogP contribution in [0.2, 0.25) is 0 Å². The van der Waals surface area contributed by atoms with Crippen LogP contribution in [0.15, 0.2) is 12.3 Å². The molecule has 132 valence electrons. The maximum Gasteiger partial charge on any atom is 0.516 e. The first kappa shape index (κ1) is 17.5. The van der Waals surface area contributed by atoms with Gasteiger partial charge in [-0.05, 0) is 40.5 Å². The molecule has 1 saturated heterocycles. The van der Waals surface area contributed by atoms with Crippen molar-refractivity contribution in [3.63, 3.8) is 0 Å². The summed E-state index contributed by atoms with van der Waals surface area (Å²) < 4.78 is 43.6. The van der Waals surface area contributed by atoms with Crippen LogP contribution in [0.1, 0.15) is 40.5 Å². The quantitative estimate of drug-likeness (QED) is 0.802. The van der Waals surface area contributed by atoms with Gasteiger partial charge in [0.2, 0.25) is 10.0 Å². The summed E-state index contributed by atoms with van der Waals surface area (Å²) in [6.45, 7) is 7.73. The van der Waals surface area contributed by atoms with Crippen molar-refractivity contribution in [2.24, 2.45) is 0 Å². The number of anilines is 1. The van der Waals surface area contributed by atoms with Gasteiger partial charge in [0.25, 0.3) is 0 Å². The molecule has 0 radical (unpaired) electrons. The van der Waals surface area contributed by atoms with Crippen LogP contribution in [0.4, 0.5) is 5.69 Å². The van der Waals surface area contributed by atoms with Gasteiger partial charge in [0.1, 0.15) is 5.75 Å². The van der Waals surface area contributed by atoms with Gasteiger partial charge in [-0.15, -0.1) is 0 Å². The number of hydrogen-bond acceptors (Lipinski definition) is 6. The highest BCUT2D eigenvalue weighted by Gasteiger charge is 2.53. The Hall–Kier alpha value is -1.32. The highest BCUT2D eigenvalue weighted by molar-refractivity contribution is 7.92. The second kappa shape index (κ2) is 5.61. The standard InChI is InChI=1S/C15H23BN2O5S/c1-14(2)15(3,4)23-16(22-14)13-12(18-24(5,19)20)8-11(9-17-13)21-10-6-7-10/h8-10,18H,6-7H2,1-5H3.